The zero-order valence-corrected chi connectivity index (χ0v) is 16.2. The van der Waals surface area contributed by atoms with Gasteiger partial charge in [-0.25, -0.2) is 13.4 Å². The molecule has 0 saturated heterocycles. The van der Waals surface area contributed by atoms with E-state index in [1.165, 1.54) is 23.5 Å². The first kappa shape index (κ1) is 18.7. The van der Waals surface area contributed by atoms with E-state index < -0.39 is 16.0 Å². The van der Waals surface area contributed by atoms with Gasteiger partial charge in [-0.05, 0) is 48.6 Å². The van der Waals surface area contributed by atoms with E-state index >= 15 is 0 Å². The van der Waals surface area contributed by atoms with Crippen LogP contribution in [0.15, 0.2) is 51.7 Å². The van der Waals surface area contributed by atoms with Gasteiger partial charge in [-0.2, -0.15) is 0 Å². The highest BCUT2D eigenvalue weighted by Crippen LogP contribution is 2.30. The molecule has 0 amide bonds. The number of fused-ring (bicyclic) bond motifs is 1. The molecule has 0 unspecified atom stereocenters. The van der Waals surface area contributed by atoms with Crippen LogP contribution in [0.2, 0.25) is 0 Å². The number of carboxylic acid groups (broad SMARTS) is 1. The minimum absolute atomic E-state index is 0.0112. The Morgan fingerprint density at radius 3 is 2.62 bits per heavy atom. The fraction of sp³-hybridized carbons (Fsp3) is 0.176. The molecule has 9 heteroatoms. The van der Waals surface area contributed by atoms with Gasteiger partial charge in [0, 0.05) is 6.42 Å². The Kier molecular flexibility index (Phi) is 5.49. The first-order valence-electron chi connectivity index (χ1n) is 7.65. The number of sulfonamides is 1. The SMILES string of the molecule is CSc1nc2ccc(NS(=O)(=O)c3ccc(CCC(=O)O)cc3)cc2s1. The van der Waals surface area contributed by atoms with Crippen LogP contribution in [-0.4, -0.2) is 30.7 Å². The van der Waals surface area contributed by atoms with Crippen LogP contribution in [0.4, 0.5) is 5.69 Å². The zero-order chi connectivity index (χ0) is 18.7. The molecule has 0 radical (unpaired) electrons. The summed E-state index contributed by atoms with van der Waals surface area (Å²) in [6.45, 7) is 0. The Labute approximate surface area is 159 Å². The van der Waals surface area contributed by atoms with Crippen molar-refractivity contribution in [3.8, 4) is 0 Å². The minimum Gasteiger partial charge on any atom is -0.481 e. The largest absolute Gasteiger partial charge is 0.481 e. The number of aryl methyl sites for hydroxylation is 1. The number of nitrogens with zero attached hydrogens (tertiary/aromatic N) is 1. The second kappa shape index (κ2) is 7.65. The van der Waals surface area contributed by atoms with Crippen LogP contribution in [0.3, 0.4) is 0 Å². The van der Waals surface area contributed by atoms with Crippen molar-refractivity contribution >= 4 is 55.0 Å². The first-order chi connectivity index (χ1) is 12.4. The average Bonchev–Trinajstić information content (AvgIpc) is 3.02. The average molecular weight is 409 g/mol. The van der Waals surface area contributed by atoms with Gasteiger partial charge in [0.25, 0.3) is 10.0 Å². The molecule has 3 rings (SSSR count). The number of thioether (sulfide) groups is 1. The molecule has 0 spiro atoms. The van der Waals surface area contributed by atoms with Crippen molar-refractivity contribution < 1.29 is 18.3 Å². The Morgan fingerprint density at radius 1 is 1.23 bits per heavy atom. The third kappa shape index (κ3) is 4.35. The number of hydrogen-bond donors (Lipinski definition) is 2. The zero-order valence-electron chi connectivity index (χ0n) is 13.8. The smallest absolute Gasteiger partial charge is 0.303 e. The second-order valence-electron chi connectivity index (χ2n) is 5.51. The molecule has 2 aromatic carbocycles. The number of thiazole rings is 1. The van der Waals surface area contributed by atoms with Gasteiger partial charge in [0.05, 0.1) is 20.8 Å². The van der Waals surface area contributed by atoms with Gasteiger partial charge < -0.3 is 5.11 Å². The fourth-order valence-electron chi connectivity index (χ4n) is 2.35. The predicted molar refractivity (Wildman–Crippen MR) is 105 cm³/mol. The van der Waals surface area contributed by atoms with E-state index in [9.17, 15) is 13.2 Å². The summed E-state index contributed by atoms with van der Waals surface area (Å²) < 4.78 is 29.5. The molecule has 136 valence electrons. The molecule has 0 aliphatic carbocycles. The number of anilines is 1. The van der Waals surface area contributed by atoms with Crippen molar-refractivity contribution in [1.29, 1.82) is 0 Å². The molecule has 3 aromatic rings. The van der Waals surface area contributed by atoms with Gasteiger partial charge in [-0.3, -0.25) is 9.52 Å². The molecule has 26 heavy (non-hydrogen) atoms. The van der Waals surface area contributed by atoms with Crippen molar-refractivity contribution in [2.24, 2.45) is 0 Å². The van der Waals surface area contributed by atoms with Crippen molar-refractivity contribution in [3.05, 3.63) is 48.0 Å². The molecule has 6 nitrogen and oxygen atoms in total. The summed E-state index contributed by atoms with van der Waals surface area (Å²) in [7, 11) is -3.72. The Morgan fingerprint density at radius 2 is 1.96 bits per heavy atom. The maximum atomic E-state index is 12.6. The lowest BCUT2D eigenvalue weighted by atomic mass is 10.1. The molecule has 0 fully saturated rings. The van der Waals surface area contributed by atoms with Crippen LogP contribution in [-0.2, 0) is 21.2 Å². The van der Waals surface area contributed by atoms with Crippen LogP contribution >= 0.6 is 23.1 Å². The first-order valence-corrected chi connectivity index (χ1v) is 11.2. The molecular formula is C17H16N2O4S3. The fourth-order valence-corrected chi connectivity index (χ4v) is 4.93. The Hall–Kier alpha value is -2.10. The third-order valence-corrected chi connectivity index (χ3v) is 7.06. The molecule has 0 aliphatic heterocycles. The second-order valence-corrected chi connectivity index (χ2v) is 9.28. The summed E-state index contributed by atoms with van der Waals surface area (Å²) in [6, 6.07) is 11.5. The quantitative estimate of drug-likeness (QED) is 0.577. The van der Waals surface area contributed by atoms with Crippen molar-refractivity contribution in [2.75, 3.05) is 11.0 Å². The monoisotopic (exact) mass is 408 g/mol. The lowest BCUT2D eigenvalue weighted by molar-refractivity contribution is -0.136. The van der Waals surface area contributed by atoms with Gasteiger partial charge in [-0.15, -0.1) is 11.3 Å². The van der Waals surface area contributed by atoms with Crippen molar-refractivity contribution in [1.82, 2.24) is 4.98 Å². The number of aliphatic carboxylic acids is 1. The van der Waals surface area contributed by atoms with Gasteiger partial charge in [-0.1, -0.05) is 23.9 Å². The van der Waals surface area contributed by atoms with Gasteiger partial charge in [0.2, 0.25) is 0 Å². The Balaban J connectivity index is 1.78. The lowest BCUT2D eigenvalue weighted by Gasteiger charge is -2.09. The molecule has 0 atom stereocenters. The summed E-state index contributed by atoms with van der Waals surface area (Å²) >= 11 is 3.06. The van der Waals surface area contributed by atoms with Gasteiger partial charge in [0.15, 0.2) is 4.34 Å². The van der Waals surface area contributed by atoms with E-state index in [0.29, 0.717) is 12.1 Å². The maximum absolute atomic E-state index is 12.6. The molecule has 1 aromatic heterocycles. The summed E-state index contributed by atoms with van der Waals surface area (Å²) in [5, 5.41) is 8.70. The number of benzene rings is 2. The van der Waals surface area contributed by atoms with Crippen LogP contribution in [0.1, 0.15) is 12.0 Å². The van der Waals surface area contributed by atoms with E-state index in [1.807, 2.05) is 6.26 Å². The van der Waals surface area contributed by atoms with E-state index in [2.05, 4.69) is 9.71 Å². The minimum atomic E-state index is -3.72. The number of carbonyl (C=O) groups is 1. The van der Waals surface area contributed by atoms with E-state index in [1.54, 1.807) is 42.1 Å². The van der Waals surface area contributed by atoms with Gasteiger partial charge in [0.1, 0.15) is 0 Å². The highest BCUT2D eigenvalue weighted by Gasteiger charge is 2.15. The number of aromatic nitrogens is 1. The van der Waals surface area contributed by atoms with E-state index in [-0.39, 0.29) is 11.3 Å². The highest BCUT2D eigenvalue weighted by molar-refractivity contribution is 8.00. The normalized spacial score (nSPS) is 11.6. The summed E-state index contributed by atoms with van der Waals surface area (Å²) in [5.74, 6) is -0.883. The molecule has 0 saturated carbocycles. The number of nitrogens with one attached hydrogen (secondary N) is 1. The van der Waals surface area contributed by atoms with E-state index in [4.69, 9.17) is 5.11 Å². The van der Waals surface area contributed by atoms with Crippen molar-refractivity contribution in [2.45, 2.75) is 22.1 Å². The predicted octanol–water partition coefficient (Wildman–Crippen LogP) is 3.84. The Bertz CT molecular complexity index is 1040. The molecule has 0 aliphatic rings. The van der Waals surface area contributed by atoms with Gasteiger partial charge >= 0.3 is 5.97 Å². The molecule has 0 bridgehead atoms. The topological polar surface area (TPSA) is 96.4 Å². The summed E-state index contributed by atoms with van der Waals surface area (Å²) in [5.41, 5.74) is 2.09. The molecule has 1 heterocycles. The van der Waals surface area contributed by atoms with Crippen LogP contribution in [0.25, 0.3) is 10.2 Å². The summed E-state index contributed by atoms with van der Waals surface area (Å²) in [6.07, 6.45) is 2.32. The van der Waals surface area contributed by atoms with Crippen LogP contribution in [0.5, 0.6) is 0 Å². The molecule has 2 N–H and O–H groups in total. The standard InChI is InChI=1S/C17H16N2O4S3/c1-24-17-18-14-8-5-12(10-15(14)25-17)19-26(22,23)13-6-2-11(3-7-13)4-9-16(20)21/h2-3,5-8,10,19H,4,9H2,1H3,(H,20,21). The lowest BCUT2D eigenvalue weighted by Crippen LogP contribution is -2.12. The number of hydrogen-bond acceptors (Lipinski definition) is 6. The highest BCUT2D eigenvalue weighted by atomic mass is 32.2. The summed E-state index contributed by atoms with van der Waals surface area (Å²) in [4.78, 5) is 15.2. The van der Waals surface area contributed by atoms with Crippen LogP contribution in [0, 0.1) is 0 Å². The van der Waals surface area contributed by atoms with E-state index in [0.717, 1.165) is 20.1 Å². The number of rotatable bonds is 7. The third-order valence-electron chi connectivity index (χ3n) is 3.66. The number of carboxylic acids is 1. The molecular weight excluding hydrogens is 392 g/mol. The maximum Gasteiger partial charge on any atom is 0.303 e. The van der Waals surface area contributed by atoms with Crippen molar-refractivity contribution in [3.63, 3.8) is 0 Å². The van der Waals surface area contributed by atoms with Crippen LogP contribution < -0.4 is 4.72 Å².